The normalized spacial score (nSPS) is 32.8. The molecule has 0 saturated carbocycles. The van der Waals surface area contributed by atoms with Crippen LogP contribution in [0, 0.1) is 0 Å². The van der Waals surface area contributed by atoms with Gasteiger partial charge in [-0.05, 0) is 25.7 Å². The van der Waals surface area contributed by atoms with Crippen molar-refractivity contribution in [3.63, 3.8) is 0 Å². The molecule has 2 rings (SSSR count). The van der Waals surface area contributed by atoms with E-state index in [1.165, 1.54) is 12.8 Å². The summed E-state index contributed by atoms with van der Waals surface area (Å²) in [5.41, 5.74) is 0. The van der Waals surface area contributed by atoms with Crippen LogP contribution in [-0.4, -0.2) is 31.2 Å². The summed E-state index contributed by atoms with van der Waals surface area (Å²) in [6, 6.07) is 0. The van der Waals surface area contributed by atoms with Gasteiger partial charge in [-0.1, -0.05) is 25.7 Å². The summed E-state index contributed by atoms with van der Waals surface area (Å²) in [5, 5.41) is 0. The van der Waals surface area contributed by atoms with Gasteiger partial charge in [-0.25, -0.2) is 0 Å². The SMILES string of the molecule is O=C(C1CCCCCO1)C1CCCCCO1. The quantitative estimate of drug-likeness (QED) is 0.725. The van der Waals surface area contributed by atoms with Gasteiger partial charge in [0.05, 0.1) is 0 Å². The van der Waals surface area contributed by atoms with Crippen molar-refractivity contribution in [3.8, 4) is 0 Å². The highest BCUT2D eigenvalue weighted by Crippen LogP contribution is 2.20. The van der Waals surface area contributed by atoms with E-state index in [1.807, 2.05) is 0 Å². The maximum Gasteiger partial charge on any atom is 0.190 e. The van der Waals surface area contributed by atoms with Crippen LogP contribution >= 0.6 is 0 Å². The second-order valence-electron chi connectivity index (χ2n) is 4.82. The van der Waals surface area contributed by atoms with Crippen LogP contribution in [-0.2, 0) is 14.3 Å². The molecule has 2 heterocycles. The summed E-state index contributed by atoms with van der Waals surface area (Å²) in [7, 11) is 0. The first-order valence-electron chi connectivity index (χ1n) is 6.65. The van der Waals surface area contributed by atoms with E-state index in [0.717, 1.165) is 51.7 Å². The van der Waals surface area contributed by atoms with E-state index in [0.29, 0.717) is 0 Å². The molecule has 0 aromatic rings. The van der Waals surface area contributed by atoms with Crippen molar-refractivity contribution in [2.45, 2.75) is 63.6 Å². The third-order valence-electron chi connectivity index (χ3n) is 3.49. The Labute approximate surface area is 97.5 Å². The van der Waals surface area contributed by atoms with E-state index in [-0.39, 0.29) is 18.0 Å². The Morgan fingerprint density at radius 1 is 0.750 bits per heavy atom. The number of ether oxygens (including phenoxy) is 2. The van der Waals surface area contributed by atoms with Crippen molar-refractivity contribution in [2.24, 2.45) is 0 Å². The van der Waals surface area contributed by atoms with Crippen LogP contribution in [0.15, 0.2) is 0 Å². The van der Waals surface area contributed by atoms with Crippen molar-refractivity contribution < 1.29 is 14.3 Å². The molecule has 2 aliphatic rings. The summed E-state index contributed by atoms with van der Waals surface area (Å²) >= 11 is 0. The standard InChI is InChI=1S/C13H22O3/c14-13(11-7-3-1-5-9-15-11)12-8-4-2-6-10-16-12/h11-12H,1-10H2. The van der Waals surface area contributed by atoms with Gasteiger partial charge in [0, 0.05) is 13.2 Å². The molecule has 2 atom stereocenters. The lowest BCUT2D eigenvalue weighted by molar-refractivity contribution is -0.142. The molecule has 2 unspecified atom stereocenters. The minimum Gasteiger partial charge on any atom is -0.370 e. The van der Waals surface area contributed by atoms with Crippen molar-refractivity contribution in [3.05, 3.63) is 0 Å². The van der Waals surface area contributed by atoms with Crippen LogP contribution in [0.2, 0.25) is 0 Å². The number of ketones is 1. The highest BCUT2D eigenvalue weighted by molar-refractivity contribution is 5.87. The van der Waals surface area contributed by atoms with Gasteiger partial charge in [-0.3, -0.25) is 4.79 Å². The Hall–Kier alpha value is -0.410. The lowest BCUT2D eigenvalue weighted by atomic mass is 10.0. The van der Waals surface area contributed by atoms with Crippen molar-refractivity contribution in [1.29, 1.82) is 0 Å². The fourth-order valence-electron chi connectivity index (χ4n) is 2.49. The number of hydrogen-bond donors (Lipinski definition) is 0. The number of carbonyl (C=O) groups excluding carboxylic acids is 1. The molecule has 3 nitrogen and oxygen atoms in total. The van der Waals surface area contributed by atoms with Crippen LogP contribution in [0.3, 0.4) is 0 Å². The molecule has 0 N–H and O–H groups in total. The molecule has 16 heavy (non-hydrogen) atoms. The Bertz CT molecular complexity index is 189. The monoisotopic (exact) mass is 226 g/mol. The first-order chi connectivity index (χ1) is 7.88. The third-order valence-corrected chi connectivity index (χ3v) is 3.49. The second kappa shape index (κ2) is 6.36. The number of carbonyl (C=O) groups is 1. The van der Waals surface area contributed by atoms with Gasteiger partial charge in [-0.15, -0.1) is 0 Å². The minimum absolute atomic E-state index is 0.189. The van der Waals surface area contributed by atoms with Crippen LogP contribution < -0.4 is 0 Å². The Balaban J connectivity index is 1.88. The van der Waals surface area contributed by atoms with Crippen molar-refractivity contribution in [2.75, 3.05) is 13.2 Å². The zero-order valence-corrected chi connectivity index (χ0v) is 9.95. The summed E-state index contributed by atoms with van der Waals surface area (Å²) in [6.07, 6.45) is 8.19. The molecular weight excluding hydrogens is 204 g/mol. The van der Waals surface area contributed by atoms with Gasteiger partial charge in [0.25, 0.3) is 0 Å². The molecule has 0 aromatic carbocycles. The van der Waals surface area contributed by atoms with Gasteiger partial charge in [-0.2, -0.15) is 0 Å². The maximum atomic E-state index is 12.2. The summed E-state index contributed by atoms with van der Waals surface area (Å²) in [6.45, 7) is 1.48. The molecule has 3 heteroatoms. The lowest BCUT2D eigenvalue weighted by Crippen LogP contribution is -2.35. The van der Waals surface area contributed by atoms with Crippen LogP contribution in [0.1, 0.15) is 51.4 Å². The largest absolute Gasteiger partial charge is 0.370 e. The number of hydrogen-bond acceptors (Lipinski definition) is 3. The summed E-state index contributed by atoms with van der Waals surface area (Å²) in [4.78, 5) is 12.2. The highest BCUT2D eigenvalue weighted by Gasteiger charge is 2.29. The molecule has 2 fully saturated rings. The Morgan fingerprint density at radius 3 is 1.75 bits per heavy atom. The molecule has 0 radical (unpaired) electrons. The summed E-state index contributed by atoms with van der Waals surface area (Å²) in [5.74, 6) is 0.198. The van der Waals surface area contributed by atoms with Gasteiger partial charge >= 0.3 is 0 Å². The molecule has 0 aliphatic carbocycles. The smallest absolute Gasteiger partial charge is 0.190 e. The van der Waals surface area contributed by atoms with Crippen molar-refractivity contribution in [1.82, 2.24) is 0 Å². The van der Waals surface area contributed by atoms with E-state index >= 15 is 0 Å². The zero-order chi connectivity index (χ0) is 11.2. The predicted octanol–water partition coefficient (Wildman–Crippen LogP) is 2.47. The second-order valence-corrected chi connectivity index (χ2v) is 4.82. The fraction of sp³-hybridized carbons (Fsp3) is 0.923. The topological polar surface area (TPSA) is 35.5 Å². The van der Waals surface area contributed by atoms with Crippen LogP contribution in [0.4, 0.5) is 0 Å². The average Bonchev–Trinajstić information content (AvgIpc) is 2.73. The molecular formula is C13H22O3. The molecule has 2 saturated heterocycles. The first-order valence-corrected chi connectivity index (χ1v) is 6.65. The molecule has 0 aromatic heterocycles. The molecule has 0 amide bonds. The van der Waals surface area contributed by atoms with Gasteiger partial charge in [0.1, 0.15) is 12.2 Å². The summed E-state index contributed by atoms with van der Waals surface area (Å²) < 4.78 is 11.3. The predicted molar refractivity (Wildman–Crippen MR) is 61.4 cm³/mol. The van der Waals surface area contributed by atoms with Crippen molar-refractivity contribution >= 4 is 5.78 Å². The van der Waals surface area contributed by atoms with Crippen LogP contribution in [0.25, 0.3) is 0 Å². The first kappa shape index (κ1) is 12.1. The van der Waals surface area contributed by atoms with E-state index in [9.17, 15) is 4.79 Å². The van der Waals surface area contributed by atoms with E-state index in [4.69, 9.17) is 9.47 Å². The molecule has 2 aliphatic heterocycles. The Morgan fingerprint density at radius 2 is 1.25 bits per heavy atom. The number of rotatable bonds is 2. The molecule has 0 bridgehead atoms. The van der Waals surface area contributed by atoms with Gasteiger partial charge in [0.2, 0.25) is 0 Å². The minimum atomic E-state index is -0.189. The zero-order valence-electron chi connectivity index (χ0n) is 9.95. The Kier molecular flexibility index (Phi) is 4.79. The number of Topliss-reactive ketones (excluding diaryl/α,β-unsaturated/α-hetero) is 1. The lowest BCUT2D eigenvalue weighted by Gasteiger charge is -2.20. The van der Waals surface area contributed by atoms with Gasteiger partial charge in [0.15, 0.2) is 5.78 Å². The molecule has 92 valence electrons. The average molecular weight is 226 g/mol. The third kappa shape index (κ3) is 3.29. The maximum absolute atomic E-state index is 12.2. The fourth-order valence-corrected chi connectivity index (χ4v) is 2.49. The van der Waals surface area contributed by atoms with E-state index < -0.39 is 0 Å². The highest BCUT2D eigenvalue weighted by atomic mass is 16.5. The van der Waals surface area contributed by atoms with E-state index in [1.54, 1.807) is 0 Å². The van der Waals surface area contributed by atoms with Crippen LogP contribution in [0.5, 0.6) is 0 Å². The van der Waals surface area contributed by atoms with Gasteiger partial charge < -0.3 is 9.47 Å². The molecule has 0 spiro atoms. The van der Waals surface area contributed by atoms with E-state index in [2.05, 4.69) is 0 Å².